The Hall–Kier alpha value is -2.05. The van der Waals surface area contributed by atoms with Gasteiger partial charge in [-0.3, -0.25) is 9.69 Å². The fourth-order valence-corrected chi connectivity index (χ4v) is 3.78. The van der Waals surface area contributed by atoms with E-state index < -0.39 is 0 Å². The zero-order valence-electron chi connectivity index (χ0n) is 14.7. The summed E-state index contributed by atoms with van der Waals surface area (Å²) in [6.45, 7) is 7.75. The number of aromatic nitrogens is 1. The highest BCUT2D eigenvalue weighted by Crippen LogP contribution is 2.36. The number of morpholine rings is 1. The normalized spacial score (nSPS) is 17.3. The number of fused-ring (bicyclic) bond motifs is 3. The maximum Gasteiger partial charge on any atom is 0.253 e. The summed E-state index contributed by atoms with van der Waals surface area (Å²) in [5.41, 5.74) is 3.82. The molecule has 0 saturated carbocycles. The van der Waals surface area contributed by atoms with E-state index in [1.807, 2.05) is 6.92 Å². The summed E-state index contributed by atoms with van der Waals surface area (Å²) in [5.74, 6) is 0.852. The number of anilines is 1. The summed E-state index contributed by atoms with van der Waals surface area (Å²) in [4.78, 5) is 17.9. The van der Waals surface area contributed by atoms with Gasteiger partial charge in [-0.25, -0.2) is 0 Å². The Morgan fingerprint density at radius 1 is 1.27 bits per heavy atom. The molecule has 2 aromatic rings. The van der Waals surface area contributed by atoms with Crippen LogP contribution in [0.4, 0.5) is 5.69 Å². The molecule has 0 amide bonds. The Labute approximate surface area is 154 Å². The molecule has 6 heteroatoms. The first kappa shape index (κ1) is 18.7. The Morgan fingerprint density at radius 2 is 2.08 bits per heavy atom. The molecular formula is C20H29N3O3. The quantitative estimate of drug-likeness (QED) is 0.879. The maximum absolute atomic E-state index is 12.5. The van der Waals surface area contributed by atoms with Gasteiger partial charge >= 0.3 is 0 Å². The minimum atomic E-state index is 0. The van der Waals surface area contributed by atoms with Crippen LogP contribution in [0.15, 0.2) is 16.9 Å². The van der Waals surface area contributed by atoms with Gasteiger partial charge in [0, 0.05) is 31.7 Å². The highest BCUT2D eigenvalue weighted by molar-refractivity contribution is 5.98. The lowest BCUT2D eigenvalue weighted by Crippen LogP contribution is -2.35. The third-order valence-electron chi connectivity index (χ3n) is 4.95. The Kier molecular flexibility index (Phi) is 5.84. The number of H-pyrrole nitrogens is 1. The van der Waals surface area contributed by atoms with Crippen molar-refractivity contribution in [2.45, 2.75) is 33.7 Å². The van der Waals surface area contributed by atoms with Crippen molar-refractivity contribution in [1.29, 1.82) is 0 Å². The molecule has 1 aromatic carbocycles. The van der Waals surface area contributed by atoms with E-state index in [9.17, 15) is 4.79 Å². The molecule has 0 atom stereocenters. The van der Waals surface area contributed by atoms with Gasteiger partial charge in [0.2, 0.25) is 0 Å². The zero-order valence-corrected chi connectivity index (χ0v) is 14.7. The van der Waals surface area contributed by atoms with Gasteiger partial charge in [0.1, 0.15) is 5.75 Å². The summed E-state index contributed by atoms with van der Waals surface area (Å²) >= 11 is 0. The second-order valence-electron chi connectivity index (χ2n) is 6.68. The van der Waals surface area contributed by atoms with Crippen LogP contribution in [0, 0.1) is 0 Å². The van der Waals surface area contributed by atoms with Crippen molar-refractivity contribution in [3.8, 4) is 5.75 Å². The van der Waals surface area contributed by atoms with Gasteiger partial charge in [-0.15, -0.1) is 0 Å². The fraction of sp³-hybridized carbons (Fsp3) is 0.550. The molecular weight excluding hydrogens is 330 g/mol. The van der Waals surface area contributed by atoms with Crippen LogP contribution in [0.1, 0.15) is 31.9 Å². The minimum absolute atomic E-state index is 0. The van der Waals surface area contributed by atoms with Crippen molar-refractivity contribution < 1.29 is 9.47 Å². The number of ether oxygens (including phenoxy) is 2. The summed E-state index contributed by atoms with van der Waals surface area (Å²) in [6, 6.07) is 4.21. The molecule has 1 saturated heterocycles. The standard InChI is InChI=1S/C19H25N3O3.CH4/c1-2-25-16-11-13(12-22-6-8-24-9-7-22)10-15-17(16)18-14(19(23)21-15)4-3-5-20-18;/h10-11,20H,2-9,12H2,1H3,(H,21,23);1H4. The summed E-state index contributed by atoms with van der Waals surface area (Å²) in [7, 11) is 0. The van der Waals surface area contributed by atoms with Crippen molar-refractivity contribution >= 4 is 16.6 Å². The largest absolute Gasteiger partial charge is 0.493 e. The highest BCUT2D eigenvalue weighted by atomic mass is 16.5. The predicted octanol–water partition coefficient (Wildman–Crippen LogP) is 2.75. The second-order valence-corrected chi connectivity index (χ2v) is 6.68. The Balaban J connectivity index is 0.00000196. The highest BCUT2D eigenvalue weighted by Gasteiger charge is 2.20. The molecule has 4 rings (SSSR count). The van der Waals surface area contributed by atoms with E-state index in [1.165, 1.54) is 0 Å². The first-order valence-electron chi connectivity index (χ1n) is 9.15. The van der Waals surface area contributed by atoms with Crippen LogP contribution in [0.2, 0.25) is 0 Å². The number of benzene rings is 1. The summed E-state index contributed by atoms with van der Waals surface area (Å²) < 4.78 is 11.4. The number of nitrogens with one attached hydrogen (secondary N) is 2. The van der Waals surface area contributed by atoms with E-state index in [0.29, 0.717) is 6.61 Å². The maximum atomic E-state index is 12.5. The van der Waals surface area contributed by atoms with Crippen molar-refractivity contribution in [2.24, 2.45) is 0 Å². The molecule has 0 aliphatic carbocycles. The molecule has 6 nitrogen and oxygen atoms in total. The number of aromatic amines is 1. The van der Waals surface area contributed by atoms with Crippen LogP contribution in [0.5, 0.6) is 5.75 Å². The zero-order chi connectivity index (χ0) is 17.2. The van der Waals surface area contributed by atoms with E-state index in [-0.39, 0.29) is 13.0 Å². The van der Waals surface area contributed by atoms with Gasteiger partial charge in [0.25, 0.3) is 5.56 Å². The fourth-order valence-electron chi connectivity index (χ4n) is 3.78. The third kappa shape index (κ3) is 3.57. The van der Waals surface area contributed by atoms with Gasteiger partial charge < -0.3 is 19.8 Å². The monoisotopic (exact) mass is 359 g/mol. The van der Waals surface area contributed by atoms with Crippen LogP contribution >= 0.6 is 0 Å². The Morgan fingerprint density at radius 3 is 2.85 bits per heavy atom. The molecule has 3 heterocycles. The van der Waals surface area contributed by atoms with E-state index in [4.69, 9.17) is 9.47 Å². The molecule has 26 heavy (non-hydrogen) atoms. The average Bonchev–Trinajstić information content (AvgIpc) is 2.63. The van der Waals surface area contributed by atoms with Crippen molar-refractivity contribution in [1.82, 2.24) is 9.88 Å². The van der Waals surface area contributed by atoms with E-state index >= 15 is 0 Å². The number of hydrogen-bond acceptors (Lipinski definition) is 5. The Bertz CT molecular complexity index is 825. The van der Waals surface area contributed by atoms with Crippen LogP contribution in [0.25, 0.3) is 10.9 Å². The first-order valence-corrected chi connectivity index (χ1v) is 9.15. The minimum Gasteiger partial charge on any atom is -0.493 e. The van der Waals surface area contributed by atoms with Crippen molar-refractivity contribution in [3.63, 3.8) is 0 Å². The van der Waals surface area contributed by atoms with E-state index in [1.54, 1.807) is 0 Å². The molecule has 0 unspecified atom stereocenters. The lowest BCUT2D eigenvalue weighted by Gasteiger charge is -2.27. The molecule has 0 spiro atoms. The lowest BCUT2D eigenvalue weighted by atomic mass is 9.99. The van der Waals surface area contributed by atoms with E-state index in [2.05, 4.69) is 27.3 Å². The molecule has 2 aliphatic rings. The average molecular weight is 359 g/mol. The number of rotatable bonds is 4. The molecule has 2 N–H and O–H groups in total. The second kappa shape index (κ2) is 8.10. The molecule has 1 fully saturated rings. The smallest absolute Gasteiger partial charge is 0.253 e. The van der Waals surface area contributed by atoms with Crippen LogP contribution < -0.4 is 15.6 Å². The number of nitrogens with zero attached hydrogens (tertiary/aromatic N) is 1. The molecule has 142 valence electrons. The molecule has 0 radical (unpaired) electrons. The van der Waals surface area contributed by atoms with Crippen LogP contribution in [-0.4, -0.2) is 49.3 Å². The number of pyridine rings is 1. The predicted molar refractivity (Wildman–Crippen MR) is 105 cm³/mol. The number of hydrogen-bond donors (Lipinski definition) is 2. The van der Waals surface area contributed by atoms with Crippen molar-refractivity contribution in [3.05, 3.63) is 33.6 Å². The van der Waals surface area contributed by atoms with E-state index in [0.717, 1.165) is 85.7 Å². The van der Waals surface area contributed by atoms with Crippen LogP contribution in [-0.2, 0) is 17.7 Å². The summed E-state index contributed by atoms with van der Waals surface area (Å²) in [5, 5.41) is 4.42. The first-order chi connectivity index (χ1) is 12.3. The van der Waals surface area contributed by atoms with Gasteiger partial charge in [0.05, 0.1) is 36.4 Å². The van der Waals surface area contributed by atoms with Crippen LogP contribution in [0.3, 0.4) is 0 Å². The van der Waals surface area contributed by atoms with Gasteiger partial charge in [-0.05, 0) is 37.5 Å². The van der Waals surface area contributed by atoms with Crippen molar-refractivity contribution in [2.75, 3.05) is 44.8 Å². The van der Waals surface area contributed by atoms with Gasteiger partial charge in [-0.2, -0.15) is 0 Å². The molecule has 1 aromatic heterocycles. The lowest BCUT2D eigenvalue weighted by molar-refractivity contribution is 0.0342. The third-order valence-corrected chi connectivity index (χ3v) is 4.95. The molecule has 2 aliphatic heterocycles. The SMILES string of the molecule is C.CCOc1cc(CN2CCOCC2)cc2[nH]c(=O)c3c(c12)NCCC3. The van der Waals surface area contributed by atoms with Gasteiger partial charge in [-0.1, -0.05) is 7.43 Å². The summed E-state index contributed by atoms with van der Waals surface area (Å²) in [6.07, 6.45) is 1.80. The molecule has 0 bridgehead atoms. The topological polar surface area (TPSA) is 66.6 Å². The van der Waals surface area contributed by atoms with Gasteiger partial charge in [0.15, 0.2) is 0 Å².